The fourth-order valence-electron chi connectivity index (χ4n) is 1.52. The Balaban J connectivity index is 2.66. The number of carbonyl (C=O) groups is 2. The molecule has 6 nitrogen and oxygen atoms in total. The molecule has 104 valence electrons. The maximum atomic E-state index is 11.7. The SMILES string of the molecule is COc1cccc(NC(=O)NC(C(=O)O)C(C)C)c1. The lowest BCUT2D eigenvalue weighted by Gasteiger charge is -2.18. The minimum absolute atomic E-state index is 0.200. The maximum Gasteiger partial charge on any atom is 0.326 e. The highest BCUT2D eigenvalue weighted by molar-refractivity contribution is 5.92. The molecule has 0 bridgehead atoms. The predicted octanol–water partition coefficient (Wildman–Crippen LogP) is 1.93. The first-order valence-electron chi connectivity index (χ1n) is 5.88. The number of carboxylic acid groups (broad SMARTS) is 1. The molecule has 0 heterocycles. The minimum atomic E-state index is -1.06. The Hall–Kier alpha value is -2.24. The van der Waals surface area contributed by atoms with Gasteiger partial charge < -0.3 is 20.5 Å². The van der Waals surface area contributed by atoms with E-state index >= 15 is 0 Å². The highest BCUT2D eigenvalue weighted by Crippen LogP contribution is 2.16. The van der Waals surface area contributed by atoms with Gasteiger partial charge >= 0.3 is 12.0 Å². The number of methoxy groups -OCH3 is 1. The summed E-state index contributed by atoms with van der Waals surface area (Å²) in [5, 5.41) is 14.0. The van der Waals surface area contributed by atoms with Gasteiger partial charge in [-0.05, 0) is 18.1 Å². The topological polar surface area (TPSA) is 87.7 Å². The number of amides is 2. The molecular weight excluding hydrogens is 248 g/mol. The third-order valence-corrected chi connectivity index (χ3v) is 2.55. The predicted molar refractivity (Wildman–Crippen MR) is 71.4 cm³/mol. The number of urea groups is 1. The summed E-state index contributed by atoms with van der Waals surface area (Å²) in [5.41, 5.74) is 0.532. The Bertz CT molecular complexity index is 460. The average molecular weight is 266 g/mol. The molecule has 1 unspecified atom stereocenters. The first-order chi connectivity index (χ1) is 8.93. The fourth-order valence-corrected chi connectivity index (χ4v) is 1.52. The average Bonchev–Trinajstić information content (AvgIpc) is 2.35. The highest BCUT2D eigenvalue weighted by Gasteiger charge is 2.23. The second-order valence-corrected chi connectivity index (χ2v) is 4.39. The molecule has 6 heteroatoms. The molecule has 3 N–H and O–H groups in total. The van der Waals surface area contributed by atoms with Crippen LogP contribution in [0.2, 0.25) is 0 Å². The van der Waals surface area contributed by atoms with E-state index in [4.69, 9.17) is 9.84 Å². The number of carboxylic acids is 1. The number of rotatable bonds is 5. The van der Waals surface area contributed by atoms with Crippen LogP contribution < -0.4 is 15.4 Å². The van der Waals surface area contributed by atoms with Crippen LogP contribution in [0.5, 0.6) is 5.75 Å². The lowest BCUT2D eigenvalue weighted by atomic mass is 10.1. The molecule has 0 aliphatic rings. The third kappa shape index (κ3) is 4.50. The van der Waals surface area contributed by atoms with Gasteiger partial charge in [0.15, 0.2) is 0 Å². The molecule has 1 aromatic rings. The van der Waals surface area contributed by atoms with Gasteiger partial charge in [0.05, 0.1) is 7.11 Å². The van der Waals surface area contributed by atoms with Gasteiger partial charge in [-0.2, -0.15) is 0 Å². The van der Waals surface area contributed by atoms with Crippen molar-refractivity contribution in [3.63, 3.8) is 0 Å². The first-order valence-corrected chi connectivity index (χ1v) is 5.88. The molecule has 1 rings (SSSR count). The Kier molecular flexibility index (Phi) is 5.17. The van der Waals surface area contributed by atoms with Crippen molar-refractivity contribution in [3.8, 4) is 5.75 Å². The number of nitrogens with one attached hydrogen (secondary N) is 2. The Morgan fingerprint density at radius 3 is 2.53 bits per heavy atom. The van der Waals surface area contributed by atoms with Crippen LogP contribution in [0.15, 0.2) is 24.3 Å². The number of ether oxygens (including phenoxy) is 1. The molecule has 0 spiro atoms. The number of hydrogen-bond acceptors (Lipinski definition) is 3. The van der Waals surface area contributed by atoms with E-state index in [0.717, 1.165) is 0 Å². The van der Waals surface area contributed by atoms with Crippen molar-refractivity contribution in [3.05, 3.63) is 24.3 Å². The second kappa shape index (κ2) is 6.63. The largest absolute Gasteiger partial charge is 0.497 e. The van der Waals surface area contributed by atoms with E-state index in [1.165, 1.54) is 7.11 Å². The van der Waals surface area contributed by atoms with Crippen molar-refractivity contribution in [2.24, 2.45) is 5.92 Å². The molecule has 1 atom stereocenters. The first kappa shape index (κ1) is 14.8. The summed E-state index contributed by atoms with van der Waals surface area (Å²) in [7, 11) is 1.53. The summed E-state index contributed by atoms with van der Waals surface area (Å²) < 4.78 is 5.03. The van der Waals surface area contributed by atoms with Crippen molar-refractivity contribution in [2.75, 3.05) is 12.4 Å². The summed E-state index contributed by atoms with van der Waals surface area (Å²) >= 11 is 0. The fraction of sp³-hybridized carbons (Fsp3) is 0.385. The summed E-state index contributed by atoms with van der Waals surface area (Å²) in [5.74, 6) is -0.652. The molecule has 0 aliphatic carbocycles. The summed E-state index contributed by atoms with van der Waals surface area (Å²) in [6, 6.07) is 5.32. The summed E-state index contributed by atoms with van der Waals surface area (Å²) in [6.07, 6.45) is 0. The Morgan fingerprint density at radius 1 is 1.32 bits per heavy atom. The molecule has 0 radical (unpaired) electrons. The van der Waals surface area contributed by atoms with Crippen molar-refractivity contribution in [1.82, 2.24) is 5.32 Å². The molecule has 0 aromatic heterocycles. The number of benzene rings is 1. The van der Waals surface area contributed by atoms with Crippen LogP contribution in [-0.2, 0) is 4.79 Å². The monoisotopic (exact) mass is 266 g/mol. The smallest absolute Gasteiger partial charge is 0.326 e. The van der Waals surface area contributed by atoms with E-state index in [1.807, 2.05) is 0 Å². The van der Waals surface area contributed by atoms with Crippen LogP contribution in [0.1, 0.15) is 13.8 Å². The van der Waals surface area contributed by atoms with Crippen LogP contribution in [0.3, 0.4) is 0 Å². The second-order valence-electron chi connectivity index (χ2n) is 4.39. The normalized spacial score (nSPS) is 11.8. The maximum absolute atomic E-state index is 11.7. The van der Waals surface area contributed by atoms with E-state index < -0.39 is 18.0 Å². The lowest BCUT2D eigenvalue weighted by Crippen LogP contribution is -2.46. The van der Waals surface area contributed by atoms with Gasteiger partial charge in [0.2, 0.25) is 0 Å². The molecule has 0 saturated heterocycles. The van der Waals surface area contributed by atoms with E-state index in [1.54, 1.807) is 38.1 Å². The minimum Gasteiger partial charge on any atom is -0.497 e. The summed E-state index contributed by atoms with van der Waals surface area (Å²) in [6.45, 7) is 3.45. The van der Waals surface area contributed by atoms with Crippen LogP contribution in [0, 0.1) is 5.92 Å². The van der Waals surface area contributed by atoms with Crippen molar-refractivity contribution < 1.29 is 19.4 Å². The third-order valence-electron chi connectivity index (χ3n) is 2.55. The zero-order valence-corrected chi connectivity index (χ0v) is 11.1. The van der Waals surface area contributed by atoms with Crippen LogP contribution in [0.25, 0.3) is 0 Å². The van der Waals surface area contributed by atoms with Gasteiger partial charge in [-0.1, -0.05) is 19.9 Å². The summed E-state index contributed by atoms with van der Waals surface area (Å²) in [4.78, 5) is 22.7. The van der Waals surface area contributed by atoms with Gasteiger partial charge in [-0.25, -0.2) is 9.59 Å². The molecular formula is C13H18N2O4. The van der Waals surface area contributed by atoms with Crippen molar-refractivity contribution in [2.45, 2.75) is 19.9 Å². The van der Waals surface area contributed by atoms with Gasteiger partial charge in [0.1, 0.15) is 11.8 Å². The number of aliphatic carboxylic acids is 1. The molecule has 0 fully saturated rings. The van der Waals surface area contributed by atoms with Gasteiger partial charge in [-0.15, -0.1) is 0 Å². The zero-order valence-electron chi connectivity index (χ0n) is 11.1. The van der Waals surface area contributed by atoms with E-state index in [2.05, 4.69) is 10.6 Å². The van der Waals surface area contributed by atoms with Crippen LogP contribution in [0.4, 0.5) is 10.5 Å². The lowest BCUT2D eigenvalue weighted by molar-refractivity contribution is -0.140. The molecule has 2 amide bonds. The van der Waals surface area contributed by atoms with Crippen LogP contribution in [-0.4, -0.2) is 30.3 Å². The molecule has 1 aromatic carbocycles. The molecule has 0 saturated carbocycles. The standard InChI is InChI=1S/C13H18N2O4/c1-8(2)11(12(16)17)15-13(18)14-9-5-4-6-10(7-9)19-3/h4-8,11H,1-3H3,(H,16,17)(H2,14,15,18). The van der Waals surface area contributed by atoms with Gasteiger partial charge in [0, 0.05) is 11.8 Å². The van der Waals surface area contributed by atoms with Crippen LogP contribution >= 0.6 is 0 Å². The highest BCUT2D eigenvalue weighted by atomic mass is 16.5. The number of hydrogen-bond donors (Lipinski definition) is 3. The number of anilines is 1. The quantitative estimate of drug-likeness (QED) is 0.759. The Morgan fingerprint density at radius 2 is 2.00 bits per heavy atom. The van der Waals surface area contributed by atoms with Crippen molar-refractivity contribution in [1.29, 1.82) is 0 Å². The molecule has 19 heavy (non-hydrogen) atoms. The van der Waals surface area contributed by atoms with Gasteiger partial charge in [-0.3, -0.25) is 0 Å². The van der Waals surface area contributed by atoms with Gasteiger partial charge in [0.25, 0.3) is 0 Å². The van der Waals surface area contributed by atoms with E-state index in [9.17, 15) is 9.59 Å². The van der Waals surface area contributed by atoms with E-state index in [0.29, 0.717) is 11.4 Å². The Labute approximate surface area is 111 Å². The van der Waals surface area contributed by atoms with Crippen molar-refractivity contribution >= 4 is 17.7 Å². The van der Waals surface area contributed by atoms with E-state index in [-0.39, 0.29) is 5.92 Å². The number of carbonyl (C=O) groups excluding carboxylic acids is 1. The zero-order chi connectivity index (χ0) is 14.4. The molecule has 0 aliphatic heterocycles.